The third-order valence-electron chi connectivity index (χ3n) is 2.27. The molecule has 0 spiro atoms. The molecular formula is C11H18ClN3O. The van der Waals surface area contributed by atoms with Crippen LogP contribution < -0.4 is 4.90 Å². The molecular weight excluding hydrogens is 226 g/mol. The standard InChI is InChI=1S/C11H18ClN3O/c1-8(2)15(5-4-6-16)11-7-10(12)13-9(3)14-11/h7-8,16H,4-6H2,1-3H3. The minimum absolute atomic E-state index is 0.182. The molecule has 16 heavy (non-hydrogen) atoms. The number of anilines is 1. The molecule has 0 amide bonds. The minimum Gasteiger partial charge on any atom is -0.396 e. The molecule has 5 heteroatoms. The van der Waals surface area contributed by atoms with Gasteiger partial charge in [0.25, 0.3) is 0 Å². The third kappa shape index (κ3) is 3.61. The molecule has 1 heterocycles. The number of hydrogen-bond donors (Lipinski definition) is 1. The normalized spacial score (nSPS) is 10.9. The highest BCUT2D eigenvalue weighted by atomic mass is 35.5. The van der Waals surface area contributed by atoms with E-state index in [1.54, 1.807) is 6.07 Å². The van der Waals surface area contributed by atoms with Gasteiger partial charge in [-0.25, -0.2) is 9.97 Å². The van der Waals surface area contributed by atoms with E-state index in [-0.39, 0.29) is 6.61 Å². The van der Waals surface area contributed by atoms with Crippen molar-refractivity contribution in [1.82, 2.24) is 9.97 Å². The van der Waals surface area contributed by atoms with Gasteiger partial charge in [0.05, 0.1) is 0 Å². The van der Waals surface area contributed by atoms with Gasteiger partial charge in [0.1, 0.15) is 16.8 Å². The van der Waals surface area contributed by atoms with Crippen molar-refractivity contribution in [3.63, 3.8) is 0 Å². The number of aliphatic hydroxyl groups is 1. The Kier molecular flexibility index (Phi) is 4.96. The fraction of sp³-hybridized carbons (Fsp3) is 0.636. The number of aliphatic hydroxyl groups excluding tert-OH is 1. The molecule has 1 aromatic heterocycles. The topological polar surface area (TPSA) is 49.2 Å². The second-order valence-electron chi connectivity index (χ2n) is 3.96. The highest BCUT2D eigenvalue weighted by Gasteiger charge is 2.12. The van der Waals surface area contributed by atoms with Gasteiger partial charge in [0.2, 0.25) is 0 Å². The van der Waals surface area contributed by atoms with E-state index >= 15 is 0 Å². The molecule has 0 aliphatic rings. The van der Waals surface area contributed by atoms with Crippen molar-refractivity contribution in [2.24, 2.45) is 0 Å². The fourth-order valence-electron chi connectivity index (χ4n) is 1.54. The van der Waals surface area contributed by atoms with Gasteiger partial charge >= 0.3 is 0 Å². The first-order valence-corrected chi connectivity index (χ1v) is 5.81. The smallest absolute Gasteiger partial charge is 0.134 e. The minimum atomic E-state index is 0.182. The largest absolute Gasteiger partial charge is 0.396 e. The zero-order chi connectivity index (χ0) is 12.1. The van der Waals surface area contributed by atoms with Gasteiger partial charge in [0.15, 0.2) is 0 Å². The Bertz CT molecular complexity index is 324. The summed E-state index contributed by atoms with van der Waals surface area (Å²) < 4.78 is 0. The first-order valence-electron chi connectivity index (χ1n) is 5.43. The molecule has 1 aromatic rings. The molecule has 0 radical (unpaired) electrons. The van der Waals surface area contributed by atoms with Gasteiger partial charge in [-0.3, -0.25) is 0 Å². The second kappa shape index (κ2) is 6.01. The molecule has 0 fully saturated rings. The van der Waals surface area contributed by atoms with Crippen LogP contribution in [0.4, 0.5) is 5.82 Å². The zero-order valence-electron chi connectivity index (χ0n) is 9.94. The van der Waals surface area contributed by atoms with E-state index in [1.807, 2.05) is 6.92 Å². The summed E-state index contributed by atoms with van der Waals surface area (Å²) in [4.78, 5) is 10.5. The van der Waals surface area contributed by atoms with Crippen LogP contribution in [0.5, 0.6) is 0 Å². The summed E-state index contributed by atoms with van der Waals surface area (Å²) in [5, 5.41) is 9.32. The average molecular weight is 244 g/mol. The predicted octanol–water partition coefficient (Wildman–Crippen LogP) is 2.04. The maximum atomic E-state index is 8.87. The number of aromatic nitrogens is 2. The summed E-state index contributed by atoms with van der Waals surface area (Å²) in [5.74, 6) is 1.48. The summed E-state index contributed by atoms with van der Waals surface area (Å²) >= 11 is 5.91. The predicted molar refractivity (Wildman–Crippen MR) is 66.0 cm³/mol. The third-order valence-corrected chi connectivity index (χ3v) is 2.46. The van der Waals surface area contributed by atoms with E-state index in [0.717, 1.165) is 18.8 Å². The van der Waals surface area contributed by atoms with E-state index < -0.39 is 0 Å². The molecule has 1 rings (SSSR count). The molecule has 1 N–H and O–H groups in total. The fourth-order valence-corrected chi connectivity index (χ4v) is 1.76. The molecule has 0 atom stereocenters. The monoisotopic (exact) mass is 243 g/mol. The lowest BCUT2D eigenvalue weighted by atomic mass is 10.3. The lowest BCUT2D eigenvalue weighted by Crippen LogP contribution is -2.33. The lowest BCUT2D eigenvalue weighted by Gasteiger charge is -2.27. The van der Waals surface area contributed by atoms with Gasteiger partial charge in [-0.2, -0.15) is 0 Å². The summed E-state index contributed by atoms with van der Waals surface area (Å²) in [6, 6.07) is 2.07. The number of hydrogen-bond acceptors (Lipinski definition) is 4. The average Bonchev–Trinajstić information content (AvgIpc) is 2.16. The van der Waals surface area contributed by atoms with Crippen molar-refractivity contribution in [3.8, 4) is 0 Å². The van der Waals surface area contributed by atoms with Crippen molar-refractivity contribution in [2.75, 3.05) is 18.1 Å². The van der Waals surface area contributed by atoms with Crippen LogP contribution in [0.15, 0.2) is 6.07 Å². The molecule has 4 nitrogen and oxygen atoms in total. The molecule has 0 unspecified atom stereocenters. The summed E-state index contributed by atoms with van der Waals surface area (Å²) in [6.45, 7) is 6.94. The highest BCUT2D eigenvalue weighted by Crippen LogP contribution is 2.18. The van der Waals surface area contributed by atoms with Crippen LogP contribution in [0.1, 0.15) is 26.1 Å². The number of aryl methyl sites for hydroxylation is 1. The maximum Gasteiger partial charge on any atom is 0.134 e. The van der Waals surface area contributed by atoms with E-state index in [4.69, 9.17) is 16.7 Å². The van der Waals surface area contributed by atoms with Gasteiger partial charge < -0.3 is 10.0 Å². The molecule has 0 aliphatic heterocycles. The van der Waals surface area contributed by atoms with Crippen LogP contribution in [0.3, 0.4) is 0 Å². The summed E-state index contributed by atoms with van der Waals surface area (Å²) in [7, 11) is 0. The van der Waals surface area contributed by atoms with Gasteiger partial charge in [-0.05, 0) is 27.2 Å². The molecule has 0 saturated heterocycles. The number of halogens is 1. The van der Waals surface area contributed by atoms with Crippen LogP contribution in [0.2, 0.25) is 5.15 Å². The van der Waals surface area contributed by atoms with E-state index in [2.05, 4.69) is 28.7 Å². The Hall–Kier alpha value is -0.870. The summed E-state index contributed by atoms with van der Waals surface area (Å²) in [6.07, 6.45) is 0.721. The molecule has 0 aromatic carbocycles. The van der Waals surface area contributed by atoms with Crippen molar-refractivity contribution in [1.29, 1.82) is 0 Å². The van der Waals surface area contributed by atoms with Crippen molar-refractivity contribution < 1.29 is 5.11 Å². The van der Waals surface area contributed by atoms with E-state index in [1.165, 1.54) is 0 Å². The van der Waals surface area contributed by atoms with E-state index in [0.29, 0.717) is 17.0 Å². The number of rotatable bonds is 5. The lowest BCUT2D eigenvalue weighted by molar-refractivity contribution is 0.288. The maximum absolute atomic E-state index is 8.87. The van der Waals surface area contributed by atoms with Crippen molar-refractivity contribution in [2.45, 2.75) is 33.2 Å². The molecule has 90 valence electrons. The van der Waals surface area contributed by atoms with E-state index in [9.17, 15) is 0 Å². The van der Waals surface area contributed by atoms with Crippen LogP contribution in [-0.4, -0.2) is 34.3 Å². The van der Waals surface area contributed by atoms with Crippen molar-refractivity contribution in [3.05, 3.63) is 17.0 Å². The Morgan fingerprint density at radius 3 is 2.62 bits per heavy atom. The molecule has 0 aliphatic carbocycles. The van der Waals surface area contributed by atoms with Crippen LogP contribution >= 0.6 is 11.6 Å². The molecule has 0 saturated carbocycles. The first kappa shape index (κ1) is 13.2. The second-order valence-corrected chi connectivity index (χ2v) is 4.35. The Morgan fingerprint density at radius 2 is 2.12 bits per heavy atom. The van der Waals surface area contributed by atoms with Gasteiger partial charge in [0, 0.05) is 25.3 Å². The summed E-state index contributed by atoms with van der Waals surface area (Å²) in [5.41, 5.74) is 0. The quantitative estimate of drug-likeness (QED) is 0.804. The van der Waals surface area contributed by atoms with Gasteiger partial charge in [-0.15, -0.1) is 0 Å². The highest BCUT2D eigenvalue weighted by molar-refractivity contribution is 6.29. The van der Waals surface area contributed by atoms with Crippen molar-refractivity contribution >= 4 is 17.4 Å². The first-order chi connectivity index (χ1) is 7.54. The number of nitrogens with zero attached hydrogens (tertiary/aromatic N) is 3. The SMILES string of the molecule is Cc1nc(Cl)cc(N(CCCO)C(C)C)n1. The van der Waals surface area contributed by atoms with Crippen LogP contribution in [0, 0.1) is 6.92 Å². The Balaban J connectivity index is 2.91. The van der Waals surface area contributed by atoms with Crippen LogP contribution in [-0.2, 0) is 0 Å². The molecule has 0 bridgehead atoms. The van der Waals surface area contributed by atoms with Gasteiger partial charge in [-0.1, -0.05) is 11.6 Å². The zero-order valence-corrected chi connectivity index (χ0v) is 10.7. The Labute approximate surface area is 101 Å². The van der Waals surface area contributed by atoms with Crippen LogP contribution in [0.25, 0.3) is 0 Å². The Morgan fingerprint density at radius 1 is 1.44 bits per heavy atom.